The van der Waals surface area contributed by atoms with Crippen LogP contribution in [0.15, 0.2) is 53.7 Å². The van der Waals surface area contributed by atoms with Gasteiger partial charge in [0.25, 0.3) is 0 Å². The molecular formula is C20H27N5O2S. The Hall–Kier alpha value is -2.03. The SMILES string of the molecule is O=S(=O)(N[C@@H]1CCCC[C@H]1N1CCN(c2ncccn2)CC1)c1ccccc1. The van der Waals surface area contributed by atoms with Crippen molar-refractivity contribution >= 4 is 16.0 Å². The van der Waals surface area contributed by atoms with Crippen LogP contribution in [0.5, 0.6) is 0 Å². The van der Waals surface area contributed by atoms with Gasteiger partial charge in [0.05, 0.1) is 4.90 Å². The Labute approximate surface area is 166 Å². The lowest BCUT2D eigenvalue weighted by Gasteiger charge is -2.44. The smallest absolute Gasteiger partial charge is 0.240 e. The van der Waals surface area contributed by atoms with Crippen molar-refractivity contribution in [2.24, 2.45) is 0 Å². The van der Waals surface area contributed by atoms with E-state index in [-0.39, 0.29) is 12.1 Å². The second-order valence-electron chi connectivity index (χ2n) is 7.46. The lowest BCUT2D eigenvalue weighted by atomic mass is 9.89. The Kier molecular flexibility index (Phi) is 5.89. The summed E-state index contributed by atoms with van der Waals surface area (Å²) in [6.45, 7) is 3.51. The molecule has 150 valence electrons. The summed E-state index contributed by atoms with van der Waals surface area (Å²) in [6, 6.07) is 10.7. The minimum atomic E-state index is -3.49. The molecule has 2 atom stereocenters. The van der Waals surface area contributed by atoms with Gasteiger partial charge in [-0.2, -0.15) is 0 Å². The maximum atomic E-state index is 12.8. The normalized spacial score (nSPS) is 24.2. The van der Waals surface area contributed by atoms with Crippen molar-refractivity contribution in [2.45, 2.75) is 42.7 Å². The molecule has 1 saturated carbocycles. The highest BCUT2D eigenvalue weighted by molar-refractivity contribution is 7.89. The summed E-state index contributed by atoms with van der Waals surface area (Å²) in [5.74, 6) is 0.770. The fraction of sp³-hybridized carbons (Fsp3) is 0.500. The lowest BCUT2D eigenvalue weighted by molar-refractivity contribution is 0.123. The molecule has 1 aromatic carbocycles. The molecule has 8 heteroatoms. The molecule has 1 aliphatic heterocycles. The third-order valence-corrected chi connectivity index (χ3v) is 7.21. The van der Waals surface area contributed by atoms with E-state index < -0.39 is 10.0 Å². The van der Waals surface area contributed by atoms with Crippen molar-refractivity contribution in [1.82, 2.24) is 19.6 Å². The van der Waals surface area contributed by atoms with Crippen LogP contribution in [0.3, 0.4) is 0 Å². The fourth-order valence-corrected chi connectivity index (χ4v) is 5.59. The summed E-state index contributed by atoms with van der Waals surface area (Å²) in [4.78, 5) is 13.7. The number of piperazine rings is 1. The summed E-state index contributed by atoms with van der Waals surface area (Å²) in [7, 11) is -3.49. The molecule has 0 spiro atoms. The zero-order valence-electron chi connectivity index (χ0n) is 15.9. The van der Waals surface area contributed by atoms with E-state index in [1.165, 1.54) is 0 Å². The molecular weight excluding hydrogens is 374 g/mol. The molecule has 7 nitrogen and oxygen atoms in total. The maximum Gasteiger partial charge on any atom is 0.240 e. The van der Waals surface area contributed by atoms with Gasteiger partial charge in [-0.05, 0) is 31.0 Å². The molecule has 0 unspecified atom stereocenters. The number of hydrogen-bond acceptors (Lipinski definition) is 6. The highest BCUT2D eigenvalue weighted by Gasteiger charge is 2.34. The molecule has 2 heterocycles. The molecule has 1 saturated heterocycles. The van der Waals surface area contributed by atoms with Crippen LogP contribution < -0.4 is 9.62 Å². The van der Waals surface area contributed by atoms with Crippen LogP contribution >= 0.6 is 0 Å². The second-order valence-corrected chi connectivity index (χ2v) is 9.18. The van der Waals surface area contributed by atoms with E-state index >= 15 is 0 Å². The first-order valence-electron chi connectivity index (χ1n) is 9.97. The number of aromatic nitrogens is 2. The zero-order valence-corrected chi connectivity index (χ0v) is 16.8. The number of benzene rings is 1. The molecule has 28 heavy (non-hydrogen) atoms. The second kappa shape index (κ2) is 8.55. The molecule has 2 aliphatic rings. The largest absolute Gasteiger partial charge is 0.338 e. The Balaban J connectivity index is 1.42. The number of hydrogen-bond donors (Lipinski definition) is 1. The van der Waals surface area contributed by atoms with E-state index in [1.807, 2.05) is 12.1 Å². The number of rotatable bonds is 5. The van der Waals surface area contributed by atoms with E-state index in [1.54, 1.807) is 36.7 Å². The van der Waals surface area contributed by atoms with Crippen LogP contribution in [0.4, 0.5) is 5.95 Å². The van der Waals surface area contributed by atoms with Gasteiger partial charge in [0, 0.05) is 50.7 Å². The minimum absolute atomic E-state index is 0.0431. The van der Waals surface area contributed by atoms with Gasteiger partial charge in [-0.15, -0.1) is 0 Å². The van der Waals surface area contributed by atoms with E-state index in [0.717, 1.165) is 57.8 Å². The summed E-state index contributed by atoms with van der Waals surface area (Å²) >= 11 is 0. The predicted molar refractivity (Wildman–Crippen MR) is 109 cm³/mol. The Morgan fingerprint density at radius 3 is 2.29 bits per heavy atom. The monoisotopic (exact) mass is 401 g/mol. The third-order valence-electron chi connectivity index (χ3n) is 5.71. The number of sulfonamides is 1. The highest BCUT2D eigenvalue weighted by Crippen LogP contribution is 2.26. The van der Waals surface area contributed by atoms with Crippen LogP contribution in [-0.4, -0.2) is 61.5 Å². The van der Waals surface area contributed by atoms with Crippen LogP contribution in [0.25, 0.3) is 0 Å². The van der Waals surface area contributed by atoms with Crippen molar-refractivity contribution in [1.29, 1.82) is 0 Å². The summed E-state index contributed by atoms with van der Waals surface area (Å²) in [5, 5.41) is 0. The van der Waals surface area contributed by atoms with E-state index in [0.29, 0.717) is 4.90 Å². The first-order valence-corrected chi connectivity index (χ1v) is 11.5. The number of nitrogens with zero attached hydrogens (tertiary/aromatic N) is 4. The van der Waals surface area contributed by atoms with Gasteiger partial charge in [-0.25, -0.2) is 23.1 Å². The number of nitrogens with one attached hydrogen (secondary N) is 1. The number of anilines is 1. The molecule has 2 fully saturated rings. The lowest BCUT2D eigenvalue weighted by Crippen LogP contribution is -2.58. The minimum Gasteiger partial charge on any atom is -0.338 e. The zero-order chi connectivity index (χ0) is 19.4. The standard InChI is InChI=1S/C20H27N5O2S/c26-28(27,17-7-2-1-3-8-17)23-18-9-4-5-10-19(18)24-13-15-25(16-14-24)20-21-11-6-12-22-20/h1-3,6-8,11-12,18-19,23H,4-5,9-10,13-16H2/t18-,19-/m1/s1. The van der Waals surface area contributed by atoms with Crippen LogP contribution in [0, 0.1) is 0 Å². The molecule has 2 aromatic rings. The summed E-state index contributed by atoms with van der Waals surface area (Å²) < 4.78 is 28.6. The van der Waals surface area contributed by atoms with Gasteiger partial charge in [-0.3, -0.25) is 4.90 Å². The predicted octanol–water partition coefficient (Wildman–Crippen LogP) is 1.89. The molecule has 0 radical (unpaired) electrons. The van der Waals surface area contributed by atoms with Gasteiger partial charge in [-0.1, -0.05) is 31.0 Å². The average Bonchev–Trinajstić information content (AvgIpc) is 2.75. The molecule has 0 amide bonds. The van der Waals surface area contributed by atoms with Gasteiger partial charge in [0.15, 0.2) is 0 Å². The van der Waals surface area contributed by atoms with Gasteiger partial charge < -0.3 is 4.90 Å². The Bertz CT molecular complexity index is 855. The first-order chi connectivity index (χ1) is 13.6. The average molecular weight is 402 g/mol. The van der Waals surface area contributed by atoms with E-state index in [9.17, 15) is 8.42 Å². The molecule has 0 bridgehead atoms. The Morgan fingerprint density at radius 1 is 0.893 bits per heavy atom. The van der Waals surface area contributed by atoms with Crippen LogP contribution in [0.1, 0.15) is 25.7 Å². The van der Waals surface area contributed by atoms with Crippen molar-refractivity contribution in [3.05, 3.63) is 48.8 Å². The molecule has 1 aromatic heterocycles. The van der Waals surface area contributed by atoms with Crippen molar-refractivity contribution in [2.75, 3.05) is 31.1 Å². The maximum absolute atomic E-state index is 12.8. The summed E-state index contributed by atoms with van der Waals surface area (Å²) in [5.41, 5.74) is 0. The van der Waals surface area contributed by atoms with E-state index in [4.69, 9.17) is 0 Å². The quantitative estimate of drug-likeness (QED) is 0.824. The highest BCUT2D eigenvalue weighted by atomic mass is 32.2. The van der Waals surface area contributed by atoms with Crippen molar-refractivity contribution < 1.29 is 8.42 Å². The van der Waals surface area contributed by atoms with Crippen molar-refractivity contribution in [3.8, 4) is 0 Å². The van der Waals surface area contributed by atoms with Gasteiger partial charge >= 0.3 is 0 Å². The topological polar surface area (TPSA) is 78.4 Å². The molecule has 4 rings (SSSR count). The van der Waals surface area contributed by atoms with Crippen LogP contribution in [-0.2, 0) is 10.0 Å². The molecule has 1 N–H and O–H groups in total. The Morgan fingerprint density at radius 2 is 1.57 bits per heavy atom. The fourth-order valence-electron chi connectivity index (χ4n) is 4.26. The van der Waals surface area contributed by atoms with Gasteiger partial charge in [0.2, 0.25) is 16.0 Å². The van der Waals surface area contributed by atoms with Crippen LogP contribution in [0.2, 0.25) is 0 Å². The first kappa shape index (κ1) is 19.3. The van der Waals surface area contributed by atoms with E-state index in [2.05, 4.69) is 24.5 Å². The van der Waals surface area contributed by atoms with Gasteiger partial charge in [0.1, 0.15) is 0 Å². The third kappa shape index (κ3) is 4.34. The summed E-state index contributed by atoms with van der Waals surface area (Å²) in [6.07, 6.45) is 7.67. The van der Waals surface area contributed by atoms with Crippen molar-refractivity contribution in [3.63, 3.8) is 0 Å². The molecule has 1 aliphatic carbocycles.